The van der Waals surface area contributed by atoms with Crippen LogP contribution in [-0.4, -0.2) is 77.7 Å². The molecule has 5 rings (SSSR count). The lowest BCUT2D eigenvalue weighted by Gasteiger charge is -2.41. The van der Waals surface area contributed by atoms with E-state index in [2.05, 4.69) is 9.88 Å². The number of benzene rings is 2. The molecule has 0 unspecified atom stereocenters. The average molecular weight is 560 g/mol. The Labute approximate surface area is 240 Å². The highest BCUT2D eigenvalue weighted by Gasteiger charge is 2.35. The first-order valence-corrected chi connectivity index (χ1v) is 13.9. The lowest BCUT2D eigenvalue weighted by molar-refractivity contribution is -0.129. The number of methoxy groups -OCH3 is 1. The number of piperazine rings is 1. The molecule has 1 aromatic heterocycles. The van der Waals surface area contributed by atoms with Crippen LogP contribution in [0.25, 0.3) is 10.8 Å². The number of nitrogens with zero attached hydrogens (tertiary/aromatic N) is 5. The minimum atomic E-state index is -0.549. The van der Waals surface area contributed by atoms with E-state index in [1.165, 1.54) is 4.90 Å². The number of anilines is 2. The largest absolute Gasteiger partial charge is 0.497 e. The molecule has 2 fully saturated rings. The van der Waals surface area contributed by atoms with Gasteiger partial charge in [0.15, 0.2) is 0 Å². The Bertz CT molecular complexity index is 1450. The quantitative estimate of drug-likeness (QED) is 0.432. The maximum absolute atomic E-state index is 13.7. The second-order valence-corrected chi connectivity index (χ2v) is 11.5. The number of rotatable bonds is 5. The third-order valence-corrected chi connectivity index (χ3v) is 7.46. The molecule has 216 valence electrons. The fourth-order valence-electron chi connectivity index (χ4n) is 5.41. The van der Waals surface area contributed by atoms with Crippen molar-refractivity contribution < 1.29 is 23.9 Å². The van der Waals surface area contributed by atoms with E-state index in [0.717, 1.165) is 22.0 Å². The zero-order chi connectivity index (χ0) is 29.3. The first kappa shape index (κ1) is 28.2. The van der Waals surface area contributed by atoms with Gasteiger partial charge in [-0.3, -0.25) is 19.6 Å². The van der Waals surface area contributed by atoms with Gasteiger partial charge < -0.3 is 19.3 Å². The molecule has 0 aliphatic carbocycles. The van der Waals surface area contributed by atoms with Gasteiger partial charge in [0.1, 0.15) is 11.4 Å². The summed E-state index contributed by atoms with van der Waals surface area (Å²) in [4.78, 5) is 50.7. The number of urea groups is 1. The Morgan fingerprint density at radius 2 is 1.73 bits per heavy atom. The van der Waals surface area contributed by atoms with Crippen molar-refractivity contribution in [3.8, 4) is 5.75 Å². The van der Waals surface area contributed by atoms with Crippen molar-refractivity contribution in [1.29, 1.82) is 0 Å². The van der Waals surface area contributed by atoms with E-state index in [4.69, 9.17) is 9.47 Å². The molecule has 2 aromatic carbocycles. The molecule has 0 bridgehead atoms. The summed E-state index contributed by atoms with van der Waals surface area (Å²) >= 11 is 0. The number of imide groups is 1. The summed E-state index contributed by atoms with van der Waals surface area (Å²) in [5, 5.41) is 1.79. The predicted octanol–water partition coefficient (Wildman–Crippen LogP) is 5.05. The maximum Gasteiger partial charge on any atom is 0.410 e. The van der Waals surface area contributed by atoms with Crippen LogP contribution in [0.5, 0.6) is 5.75 Å². The third-order valence-electron chi connectivity index (χ3n) is 7.46. The van der Waals surface area contributed by atoms with Crippen LogP contribution < -0.4 is 14.5 Å². The fraction of sp³-hybridized carbons (Fsp3) is 0.419. The minimum absolute atomic E-state index is 0.0498. The van der Waals surface area contributed by atoms with Crippen LogP contribution in [0.1, 0.15) is 39.7 Å². The Hall–Kier alpha value is -4.34. The molecule has 0 N–H and O–H groups in total. The highest BCUT2D eigenvalue weighted by Crippen LogP contribution is 2.35. The highest BCUT2D eigenvalue weighted by atomic mass is 16.6. The monoisotopic (exact) mass is 559 g/mol. The second-order valence-electron chi connectivity index (χ2n) is 11.5. The van der Waals surface area contributed by atoms with E-state index in [0.29, 0.717) is 31.1 Å². The smallest absolute Gasteiger partial charge is 0.410 e. The Morgan fingerprint density at radius 3 is 2.41 bits per heavy atom. The number of hydrogen-bond acceptors (Lipinski definition) is 7. The van der Waals surface area contributed by atoms with Crippen molar-refractivity contribution in [2.45, 2.75) is 52.3 Å². The lowest BCUT2D eigenvalue weighted by atomic mass is 10.1. The van der Waals surface area contributed by atoms with Crippen molar-refractivity contribution in [2.75, 3.05) is 43.1 Å². The van der Waals surface area contributed by atoms with Crippen LogP contribution in [0, 0.1) is 0 Å². The number of hydrogen-bond donors (Lipinski definition) is 0. The van der Waals surface area contributed by atoms with Gasteiger partial charge in [0.05, 0.1) is 25.5 Å². The zero-order valence-corrected chi connectivity index (χ0v) is 24.3. The van der Waals surface area contributed by atoms with Crippen LogP contribution in [-0.2, 0) is 16.1 Å². The number of fused-ring (bicyclic) bond motifs is 1. The van der Waals surface area contributed by atoms with Crippen molar-refractivity contribution >= 4 is 40.2 Å². The summed E-state index contributed by atoms with van der Waals surface area (Å²) in [5.74, 6) is 0.512. The van der Waals surface area contributed by atoms with Crippen LogP contribution in [0.4, 0.5) is 21.0 Å². The molecule has 2 saturated heterocycles. The molecular weight excluding hydrogens is 522 g/mol. The summed E-state index contributed by atoms with van der Waals surface area (Å²) in [6.07, 6.45) is 3.42. The van der Waals surface area contributed by atoms with Crippen LogP contribution >= 0.6 is 0 Å². The normalized spacial score (nSPS) is 18.2. The molecule has 0 radical (unpaired) electrons. The molecule has 0 saturated carbocycles. The van der Waals surface area contributed by atoms with E-state index >= 15 is 0 Å². The minimum Gasteiger partial charge on any atom is -0.497 e. The van der Waals surface area contributed by atoms with Gasteiger partial charge in [0.2, 0.25) is 5.91 Å². The second kappa shape index (κ2) is 11.3. The Morgan fingerprint density at radius 1 is 0.976 bits per heavy atom. The van der Waals surface area contributed by atoms with Crippen molar-refractivity contribution in [3.05, 3.63) is 60.4 Å². The average Bonchev–Trinajstić information content (AvgIpc) is 2.94. The van der Waals surface area contributed by atoms with Crippen LogP contribution in [0.2, 0.25) is 0 Å². The molecule has 10 nitrogen and oxygen atoms in total. The van der Waals surface area contributed by atoms with E-state index in [-0.39, 0.29) is 43.6 Å². The van der Waals surface area contributed by atoms with Crippen molar-refractivity contribution in [2.24, 2.45) is 0 Å². The predicted molar refractivity (Wildman–Crippen MR) is 157 cm³/mol. The number of carbonyl (C=O) groups is 3. The van der Waals surface area contributed by atoms with Gasteiger partial charge in [0, 0.05) is 61.3 Å². The molecule has 1 atom stereocenters. The van der Waals surface area contributed by atoms with Gasteiger partial charge in [-0.05, 0) is 51.5 Å². The Balaban J connectivity index is 1.38. The first-order valence-electron chi connectivity index (χ1n) is 13.9. The molecule has 0 spiro atoms. The number of pyridine rings is 1. The van der Waals surface area contributed by atoms with Gasteiger partial charge in [0.25, 0.3) is 0 Å². The molecular formula is C31H37N5O5. The van der Waals surface area contributed by atoms with E-state index in [9.17, 15) is 14.4 Å². The molecule has 41 heavy (non-hydrogen) atoms. The Kier molecular flexibility index (Phi) is 7.75. The molecule has 2 aliphatic rings. The van der Waals surface area contributed by atoms with Gasteiger partial charge >= 0.3 is 12.1 Å². The van der Waals surface area contributed by atoms with Gasteiger partial charge in [-0.2, -0.15) is 0 Å². The summed E-state index contributed by atoms with van der Waals surface area (Å²) in [5.41, 5.74) is 1.95. The standard InChI is InChI=1S/C31H37N5O5/c1-21-19-33(15-16-34(21)30(39)41-31(2,3)4)26-8-6-7-24-25(26)17-32-18-27(24)35-14-13-28(37)36(29(35)38)20-22-9-11-23(40-5)12-10-22/h6-12,17-18,21H,13-16,19-20H2,1-5H3/t21-/m0/s1. The molecule has 3 aromatic rings. The van der Waals surface area contributed by atoms with Gasteiger partial charge in [-0.15, -0.1) is 0 Å². The van der Waals surface area contributed by atoms with Crippen molar-refractivity contribution in [3.63, 3.8) is 0 Å². The summed E-state index contributed by atoms with van der Waals surface area (Å²) in [6, 6.07) is 12.9. The topological polar surface area (TPSA) is 95.5 Å². The SMILES string of the molecule is COc1ccc(CN2C(=O)CCN(c3cncc4c(N5CCN(C(=O)OC(C)(C)C)[C@@H](C)C5)cccc34)C2=O)cc1. The maximum atomic E-state index is 13.7. The number of carbonyl (C=O) groups excluding carboxylic acids is 3. The first-order chi connectivity index (χ1) is 19.6. The molecule has 2 aliphatic heterocycles. The summed E-state index contributed by atoms with van der Waals surface area (Å²) < 4.78 is 10.8. The number of aromatic nitrogens is 1. The number of ether oxygens (including phenoxy) is 2. The van der Waals surface area contributed by atoms with Crippen LogP contribution in [0.15, 0.2) is 54.9 Å². The third kappa shape index (κ3) is 5.91. The van der Waals surface area contributed by atoms with Gasteiger partial charge in [-0.1, -0.05) is 24.3 Å². The lowest BCUT2D eigenvalue weighted by Crippen LogP contribution is -2.55. The highest BCUT2D eigenvalue weighted by molar-refractivity contribution is 6.11. The van der Waals surface area contributed by atoms with Crippen LogP contribution in [0.3, 0.4) is 0 Å². The molecule has 4 amide bonds. The zero-order valence-electron chi connectivity index (χ0n) is 24.3. The van der Waals surface area contributed by atoms with E-state index in [1.54, 1.807) is 23.1 Å². The molecule has 3 heterocycles. The fourth-order valence-corrected chi connectivity index (χ4v) is 5.41. The summed E-state index contributed by atoms with van der Waals surface area (Å²) in [7, 11) is 1.60. The molecule has 10 heteroatoms. The van der Waals surface area contributed by atoms with E-state index < -0.39 is 5.60 Å². The number of amides is 4. The van der Waals surface area contributed by atoms with Crippen molar-refractivity contribution in [1.82, 2.24) is 14.8 Å². The van der Waals surface area contributed by atoms with E-state index in [1.807, 2.05) is 76.4 Å². The van der Waals surface area contributed by atoms with Gasteiger partial charge in [-0.25, -0.2) is 9.59 Å². The summed E-state index contributed by atoms with van der Waals surface area (Å²) in [6.45, 7) is 9.90.